The van der Waals surface area contributed by atoms with Crippen LogP contribution in [0.2, 0.25) is 0 Å². The lowest BCUT2D eigenvalue weighted by Gasteiger charge is -2.24. The van der Waals surface area contributed by atoms with E-state index in [1.807, 2.05) is 44.2 Å². The van der Waals surface area contributed by atoms with Gasteiger partial charge >= 0.3 is 6.09 Å². The van der Waals surface area contributed by atoms with Crippen LogP contribution in [0.25, 0.3) is 0 Å². The van der Waals surface area contributed by atoms with Gasteiger partial charge in [0, 0.05) is 32.7 Å². The molecule has 0 radical (unpaired) electrons. The molecular weight excluding hydrogens is 426 g/mol. The quantitative estimate of drug-likeness (QED) is 0.367. The molecule has 33 heavy (non-hydrogen) atoms. The van der Waals surface area contributed by atoms with Crippen LogP contribution >= 0.6 is 0 Å². The van der Waals surface area contributed by atoms with E-state index >= 15 is 0 Å². The van der Waals surface area contributed by atoms with Gasteiger partial charge in [-0.3, -0.25) is 5.32 Å². The molecule has 0 spiro atoms. The molecule has 0 aliphatic rings. The molecule has 0 bridgehead atoms. The zero-order valence-electron chi connectivity index (χ0n) is 19.1. The van der Waals surface area contributed by atoms with Gasteiger partial charge in [0.05, 0.1) is 5.69 Å². The summed E-state index contributed by atoms with van der Waals surface area (Å²) >= 11 is 0. The average Bonchev–Trinajstić information content (AvgIpc) is 3.21. The highest BCUT2D eigenvalue weighted by atomic mass is 16.6. The number of amides is 1. The molecule has 174 valence electrons. The maximum absolute atomic E-state index is 12.2. The smallest absolute Gasteiger partial charge is 0.413 e. The van der Waals surface area contributed by atoms with E-state index in [1.165, 1.54) is 4.68 Å². The number of pyridine rings is 1. The van der Waals surface area contributed by atoms with Gasteiger partial charge in [-0.2, -0.15) is 0 Å². The average molecular weight is 454 g/mol. The molecular formula is C22H27N7O4. The lowest BCUT2D eigenvalue weighted by molar-refractivity contribution is 0.0225. The maximum Gasteiger partial charge on any atom is 0.413 e. The minimum Gasteiger partial charge on any atom is -0.443 e. The standard InChI is InChI=1S/C22H27N7O4/c1-22(2,13-14-31-4)33-21(30)24-18-12-8-11-17(23-18)15-32-26-19(16-9-6-5-7-10-16)20-25-27-28-29(20)3/h5-12H,13-15H2,1-4H3,(H,23,24,30). The number of carbonyl (C=O) groups is 1. The van der Waals surface area contributed by atoms with E-state index in [-0.39, 0.29) is 6.61 Å². The molecule has 1 amide bonds. The van der Waals surface area contributed by atoms with Gasteiger partial charge < -0.3 is 14.3 Å². The van der Waals surface area contributed by atoms with Gasteiger partial charge in [0.25, 0.3) is 0 Å². The van der Waals surface area contributed by atoms with Gasteiger partial charge in [-0.1, -0.05) is 41.6 Å². The molecule has 0 saturated carbocycles. The monoisotopic (exact) mass is 453 g/mol. The van der Waals surface area contributed by atoms with Crippen LogP contribution in [0, 0.1) is 0 Å². The summed E-state index contributed by atoms with van der Waals surface area (Å²) in [6.07, 6.45) is -0.0260. The van der Waals surface area contributed by atoms with Crippen LogP contribution in [0.5, 0.6) is 0 Å². The number of tetrazole rings is 1. The third-order valence-corrected chi connectivity index (χ3v) is 4.56. The SMILES string of the molecule is COCCC(C)(C)OC(=O)Nc1cccc(CON=C(c2ccccc2)c2nnnn2C)n1. The maximum atomic E-state index is 12.2. The second-order valence-corrected chi connectivity index (χ2v) is 7.74. The number of rotatable bonds is 10. The number of ether oxygens (including phenoxy) is 2. The number of benzene rings is 1. The van der Waals surface area contributed by atoms with Crippen molar-refractivity contribution >= 4 is 17.6 Å². The predicted octanol–water partition coefficient (Wildman–Crippen LogP) is 2.94. The van der Waals surface area contributed by atoms with E-state index in [4.69, 9.17) is 14.3 Å². The number of carbonyl (C=O) groups excluding carboxylic acids is 1. The summed E-state index contributed by atoms with van der Waals surface area (Å²) in [6.45, 7) is 4.20. The Morgan fingerprint density at radius 3 is 2.64 bits per heavy atom. The van der Waals surface area contributed by atoms with Crippen LogP contribution in [0.4, 0.5) is 10.6 Å². The molecule has 3 aromatic rings. The van der Waals surface area contributed by atoms with Gasteiger partial charge in [-0.15, -0.1) is 5.10 Å². The Morgan fingerprint density at radius 1 is 1.15 bits per heavy atom. The van der Waals surface area contributed by atoms with Gasteiger partial charge in [-0.05, 0) is 36.4 Å². The lowest BCUT2D eigenvalue weighted by atomic mass is 10.1. The molecule has 0 aliphatic heterocycles. The third kappa shape index (κ3) is 7.07. The van der Waals surface area contributed by atoms with E-state index in [9.17, 15) is 4.79 Å². The van der Waals surface area contributed by atoms with Crippen molar-refractivity contribution in [3.63, 3.8) is 0 Å². The van der Waals surface area contributed by atoms with Gasteiger partial charge in [0.1, 0.15) is 11.4 Å². The Hall–Kier alpha value is -3.86. The summed E-state index contributed by atoms with van der Waals surface area (Å²) in [5.41, 5.74) is 1.19. The van der Waals surface area contributed by atoms with Crippen LogP contribution in [-0.4, -0.2) is 56.3 Å². The van der Waals surface area contributed by atoms with Crippen molar-refractivity contribution < 1.29 is 19.1 Å². The zero-order chi connectivity index (χ0) is 23.7. The normalized spacial score (nSPS) is 11.8. The second-order valence-electron chi connectivity index (χ2n) is 7.74. The highest BCUT2D eigenvalue weighted by molar-refractivity contribution is 6.10. The highest BCUT2D eigenvalue weighted by Gasteiger charge is 2.23. The predicted molar refractivity (Wildman–Crippen MR) is 121 cm³/mol. The molecule has 11 heteroatoms. The first kappa shape index (κ1) is 23.8. The summed E-state index contributed by atoms with van der Waals surface area (Å²) in [7, 11) is 3.32. The van der Waals surface area contributed by atoms with E-state index in [0.29, 0.717) is 36.1 Å². The molecule has 0 aliphatic carbocycles. The van der Waals surface area contributed by atoms with Crippen molar-refractivity contribution in [1.82, 2.24) is 25.2 Å². The van der Waals surface area contributed by atoms with Crippen molar-refractivity contribution in [3.05, 3.63) is 65.6 Å². The van der Waals surface area contributed by atoms with Crippen molar-refractivity contribution in [2.24, 2.45) is 12.2 Å². The molecule has 0 unspecified atom stereocenters. The van der Waals surface area contributed by atoms with Gasteiger partial charge in [0.2, 0.25) is 5.82 Å². The number of nitrogens with one attached hydrogen (secondary N) is 1. The van der Waals surface area contributed by atoms with Crippen molar-refractivity contribution in [2.45, 2.75) is 32.5 Å². The summed E-state index contributed by atoms with van der Waals surface area (Å²) < 4.78 is 12.0. The molecule has 2 heterocycles. The van der Waals surface area contributed by atoms with E-state index in [0.717, 1.165) is 5.56 Å². The summed E-state index contributed by atoms with van der Waals surface area (Å²) in [5.74, 6) is 0.803. The lowest BCUT2D eigenvalue weighted by Crippen LogP contribution is -2.32. The number of hydrogen-bond acceptors (Lipinski definition) is 9. The van der Waals surface area contributed by atoms with Crippen molar-refractivity contribution in [1.29, 1.82) is 0 Å². The molecule has 0 fully saturated rings. The van der Waals surface area contributed by atoms with Gasteiger partial charge in [-0.25, -0.2) is 14.5 Å². The number of methoxy groups -OCH3 is 1. The van der Waals surface area contributed by atoms with Crippen LogP contribution in [0.1, 0.15) is 37.4 Å². The molecule has 3 rings (SSSR count). The fourth-order valence-corrected chi connectivity index (χ4v) is 2.82. The first-order chi connectivity index (χ1) is 15.9. The Morgan fingerprint density at radius 2 is 1.94 bits per heavy atom. The number of hydrogen-bond donors (Lipinski definition) is 1. The summed E-state index contributed by atoms with van der Waals surface area (Å²) in [5, 5.41) is 18.4. The van der Waals surface area contributed by atoms with Crippen molar-refractivity contribution in [3.8, 4) is 0 Å². The molecule has 2 aromatic heterocycles. The van der Waals surface area contributed by atoms with Crippen LogP contribution in [0.3, 0.4) is 0 Å². The number of oxime groups is 1. The molecule has 0 saturated heterocycles. The fourth-order valence-electron chi connectivity index (χ4n) is 2.82. The Balaban J connectivity index is 1.65. The minimum absolute atomic E-state index is 0.0749. The number of anilines is 1. The fraction of sp³-hybridized carbons (Fsp3) is 0.364. The van der Waals surface area contributed by atoms with Crippen LogP contribution in [-0.2, 0) is 28.0 Å². The Labute approximate surface area is 191 Å². The Bertz CT molecular complexity index is 1080. The van der Waals surface area contributed by atoms with E-state index in [1.54, 1.807) is 32.4 Å². The van der Waals surface area contributed by atoms with E-state index in [2.05, 4.69) is 31.0 Å². The molecule has 11 nitrogen and oxygen atoms in total. The van der Waals surface area contributed by atoms with Crippen LogP contribution < -0.4 is 5.32 Å². The topological polar surface area (TPSA) is 126 Å². The number of nitrogens with zero attached hydrogens (tertiary/aromatic N) is 6. The zero-order valence-corrected chi connectivity index (χ0v) is 19.1. The minimum atomic E-state index is -0.669. The molecule has 0 atom stereocenters. The highest BCUT2D eigenvalue weighted by Crippen LogP contribution is 2.16. The number of aryl methyl sites for hydroxylation is 1. The van der Waals surface area contributed by atoms with E-state index < -0.39 is 11.7 Å². The molecule has 1 aromatic carbocycles. The largest absolute Gasteiger partial charge is 0.443 e. The van der Waals surface area contributed by atoms with Crippen molar-refractivity contribution in [2.75, 3.05) is 19.0 Å². The van der Waals surface area contributed by atoms with Gasteiger partial charge in [0.15, 0.2) is 12.3 Å². The summed E-state index contributed by atoms with van der Waals surface area (Å²) in [4.78, 5) is 22.2. The second kappa shape index (κ2) is 11.1. The Kier molecular flexibility index (Phi) is 8.03. The molecule has 1 N–H and O–H groups in total. The summed E-state index contributed by atoms with van der Waals surface area (Å²) in [6, 6.07) is 14.6. The number of aromatic nitrogens is 5. The van der Waals surface area contributed by atoms with Crippen LogP contribution in [0.15, 0.2) is 53.7 Å². The first-order valence-corrected chi connectivity index (χ1v) is 10.3. The first-order valence-electron chi connectivity index (χ1n) is 10.3. The third-order valence-electron chi connectivity index (χ3n) is 4.56.